The van der Waals surface area contributed by atoms with E-state index in [-0.39, 0.29) is 5.82 Å². The van der Waals surface area contributed by atoms with E-state index in [0.29, 0.717) is 21.5 Å². The Morgan fingerprint density at radius 2 is 2.00 bits per heavy atom. The monoisotopic (exact) mass is 269 g/mol. The van der Waals surface area contributed by atoms with Crippen LogP contribution in [0.4, 0.5) is 4.39 Å². The summed E-state index contributed by atoms with van der Waals surface area (Å²) < 4.78 is 15.5. The van der Waals surface area contributed by atoms with Crippen LogP contribution in [0.15, 0.2) is 42.5 Å². The number of nitriles is 1. The molecule has 0 fully saturated rings. The molecule has 1 N–H and O–H groups in total. The summed E-state index contributed by atoms with van der Waals surface area (Å²) in [5.74, 6) is -0.343. The fourth-order valence-electron chi connectivity index (χ4n) is 2.08. The van der Waals surface area contributed by atoms with Crippen molar-refractivity contribution in [1.82, 2.24) is 9.55 Å². The van der Waals surface area contributed by atoms with Crippen molar-refractivity contribution >= 4 is 23.3 Å². The standard InChI is InChI=1S/C14H8FN3S/c15-10-5-6-11-13(7-10)18(14(19)17-11)12-4-2-1-3-9(12)8-16/h1-7H,(H,17,19). The highest BCUT2D eigenvalue weighted by Gasteiger charge is 2.10. The first-order valence-corrected chi connectivity index (χ1v) is 6.01. The Labute approximate surface area is 113 Å². The molecule has 5 heteroatoms. The van der Waals surface area contributed by atoms with Crippen LogP contribution in [-0.4, -0.2) is 9.55 Å². The average Bonchev–Trinajstić information content (AvgIpc) is 2.74. The van der Waals surface area contributed by atoms with Gasteiger partial charge in [-0.2, -0.15) is 5.26 Å². The first-order valence-electron chi connectivity index (χ1n) is 5.60. The second-order valence-corrected chi connectivity index (χ2v) is 4.44. The van der Waals surface area contributed by atoms with Crippen LogP contribution in [0.2, 0.25) is 0 Å². The Bertz CT molecular complexity index is 870. The number of hydrogen-bond donors (Lipinski definition) is 1. The maximum atomic E-state index is 13.4. The molecule has 92 valence electrons. The number of H-pyrrole nitrogens is 1. The van der Waals surface area contributed by atoms with E-state index >= 15 is 0 Å². The number of hydrogen-bond acceptors (Lipinski definition) is 2. The maximum Gasteiger partial charge on any atom is 0.182 e. The third-order valence-corrected chi connectivity index (χ3v) is 3.20. The second-order valence-electron chi connectivity index (χ2n) is 4.06. The van der Waals surface area contributed by atoms with Crippen LogP contribution in [0.5, 0.6) is 0 Å². The normalized spacial score (nSPS) is 10.5. The zero-order valence-corrected chi connectivity index (χ0v) is 10.5. The smallest absolute Gasteiger partial charge is 0.182 e. The average molecular weight is 269 g/mol. The van der Waals surface area contributed by atoms with Gasteiger partial charge in [0.2, 0.25) is 0 Å². The summed E-state index contributed by atoms with van der Waals surface area (Å²) in [6, 6.07) is 13.6. The Balaban J connectivity index is 2.43. The van der Waals surface area contributed by atoms with E-state index in [1.165, 1.54) is 12.1 Å². The number of aromatic amines is 1. The summed E-state index contributed by atoms with van der Waals surface area (Å²) in [5, 5.41) is 9.15. The van der Waals surface area contributed by atoms with E-state index in [1.807, 2.05) is 6.07 Å². The number of nitrogens with zero attached hydrogens (tertiary/aromatic N) is 2. The van der Waals surface area contributed by atoms with Crippen LogP contribution in [0.1, 0.15) is 5.56 Å². The van der Waals surface area contributed by atoms with Gasteiger partial charge in [0, 0.05) is 6.07 Å². The highest BCUT2D eigenvalue weighted by atomic mass is 32.1. The van der Waals surface area contributed by atoms with Crippen LogP contribution < -0.4 is 0 Å². The first-order chi connectivity index (χ1) is 9.20. The molecular formula is C14H8FN3S. The van der Waals surface area contributed by atoms with Gasteiger partial charge < -0.3 is 4.98 Å². The van der Waals surface area contributed by atoms with Crippen molar-refractivity contribution in [3.63, 3.8) is 0 Å². The number of aromatic nitrogens is 2. The number of nitrogens with one attached hydrogen (secondary N) is 1. The second kappa shape index (κ2) is 4.34. The largest absolute Gasteiger partial charge is 0.330 e. The molecule has 2 aromatic carbocycles. The van der Waals surface area contributed by atoms with Gasteiger partial charge in [0.25, 0.3) is 0 Å². The van der Waals surface area contributed by atoms with Crippen LogP contribution >= 0.6 is 12.2 Å². The predicted octanol–water partition coefficient (Wildman–Crippen LogP) is 3.70. The molecule has 3 nitrogen and oxygen atoms in total. The van der Waals surface area contributed by atoms with Crippen LogP contribution in [0, 0.1) is 21.9 Å². The summed E-state index contributed by atoms with van der Waals surface area (Å²) in [7, 11) is 0. The minimum atomic E-state index is -0.343. The lowest BCUT2D eigenvalue weighted by Crippen LogP contribution is -1.97. The summed E-state index contributed by atoms with van der Waals surface area (Å²) in [4.78, 5) is 3.01. The van der Waals surface area contributed by atoms with Crippen LogP contribution in [0.3, 0.4) is 0 Å². The van der Waals surface area contributed by atoms with Gasteiger partial charge >= 0.3 is 0 Å². The molecule has 3 rings (SSSR count). The molecule has 0 atom stereocenters. The molecule has 0 unspecified atom stereocenters. The molecule has 0 saturated carbocycles. The molecule has 0 aliphatic rings. The Hall–Kier alpha value is -2.45. The molecule has 3 aromatic rings. The van der Waals surface area contributed by atoms with Crippen molar-refractivity contribution < 1.29 is 4.39 Å². The molecule has 1 aromatic heterocycles. The van der Waals surface area contributed by atoms with Crippen molar-refractivity contribution in [2.45, 2.75) is 0 Å². The van der Waals surface area contributed by atoms with E-state index in [1.54, 1.807) is 28.8 Å². The van der Waals surface area contributed by atoms with Gasteiger partial charge in [-0.3, -0.25) is 4.57 Å². The molecule has 1 heterocycles. The molecule has 0 bridgehead atoms. The van der Waals surface area contributed by atoms with Crippen LogP contribution in [-0.2, 0) is 0 Å². The lowest BCUT2D eigenvalue weighted by atomic mass is 10.2. The quantitative estimate of drug-likeness (QED) is 0.685. The third-order valence-electron chi connectivity index (χ3n) is 2.91. The molecule has 19 heavy (non-hydrogen) atoms. The van der Waals surface area contributed by atoms with Gasteiger partial charge in [-0.1, -0.05) is 12.1 Å². The molecule has 0 aliphatic carbocycles. The molecule has 0 amide bonds. The molecular weight excluding hydrogens is 261 g/mol. The number of rotatable bonds is 1. The van der Waals surface area contributed by atoms with Gasteiger partial charge in [-0.25, -0.2) is 4.39 Å². The zero-order chi connectivity index (χ0) is 13.4. The fraction of sp³-hybridized carbons (Fsp3) is 0. The van der Waals surface area contributed by atoms with E-state index in [9.17, 15) is 4.39 Å². The van der Waals surface area contributed by atoms with Crippen molar-refractivity contribution in [3.05, 3.63) is 58.6 Å². The number of para-hydroxylation sites is 1. The van der Waals surface area contributed by atoms with Gasteiger partial charge in [0.15, 0.2) is 4.77 Å². The van der Waals surface area contributed by atoms with Gasteiger partial charge in [-0.05, 0) is 36.5 Å². The molecule has 0 saturated heterocycles. The van der Waals surface area contributed by atoms with Crippen molar-refractivity contribution in [1.29, 1.82) is 5.26 Å². The van der Waals surface area contributed by atoms with Gasteiger partial charge in [-0.15, -0.1) is 0 Å². The van der Waals surface area contributed by atoms with Gasteiger partial charge in [0.05, 0.1) is 22.3 Å². The van der Waals surface area contributed by atoms with Crippen LogP contribution in [0.25, 0.3) is 16.7 Å². The Morgan fingerprint density at radius 3 is 2.79 bits per heavy atom. The van der Waals surface area contributed by atoms with Gasteiger partial charge in [0.1, 0.15) is 11.9 Å². The third kappa shape index (κ3) is 1.83. The highest BCUT2D eigenvalue weighted by Crippen LogP contribution is 2.22. The maximum absolute atomic E-state index is 13.4. The number of halogens is 1. The minimum Gasteiger partial charge on any atom is -0.330 e. The van der Waals surface area contributed by atoms with E-state index in [4.69, 9.17) is 17.5 Å². The summed E-state index contributed by atoms with van der Waals surface area (Å²) >= 11 is 5.26. The van der Waals surface area contributed by atoms with Crippen molar-refractivity contribution in [2.75, 3.05) is 0 Å². The first kappa shape index (κ1) is 11.6. The van der Waals surface area contributed by atoms with Crippen molar-refractivity contribution in [3.8, 4) is 11.8 Å². The highest BCUT2D eigenvalue weighted by molar-refractivity contribution is 7.71. The van der Waals surface area contributed by atoms with E-state index in [2.05, 4.69) is 11.1 Å². The molecule has 0 spiro atoms. The lowest BCUT2D eigenvalue weighted by Gasteiger charge is -2.06. The zero-order valence-electron chi connectivity index (χ0n) is 9.72. The Kier molecular flexibility index (Phi) is 2.65. The summed E-state index contributed by atoms with van der Waals surface area (Å²) in [5.41, 5.74) is 2.49. The topological polar surface area (TPSA) is 44.5 Å². The Morgan fingerprint density at radius 1 is 1.21 bits per heavy atom. The molecule has 0 aliphatic heterocycles. The van der Waals surface area contributed by atoms with E-state index < -0.39 is 0 Å². The summed E-state index contributed by atoms with van der Waals surface area (Å²) in [6.45, 7) is 0. The number of benzene rings is 2. The minimum absolute atomic E-state index is 0.343. The fourth-order valence-corrected chi connectivity index (χ4v) is 2.38. The SMILES string of the molecule is N#Cc1ccccc1-n1c(=S)[nH]c2ccc(F)cc21. The summed E-state index contributed by atoms with van der Waals surface area (Å²) in [6.07, 6.45) is 0. The number of imidazole rings is 1. The number of fused-ring (bicyclic) bond motifs is 1. The van der Waals surface area contributed by atoms with E-state index in [0.717, 1.165) is 5.52 Å². The predicted molar refractivity (Wildman–Crippen MR) is 73.1 cm³/mol. The molecule has 0 radical (unpaired) electrons. The lowest BCUT2D eigenvalue weighted by molar-refractivity contribution is 0.629. The van der Waals surface area contributed by atoms with Crippen molar-refractivity contribution in [2.24, 2.45) is 0 Å².